The van der Waals surface area contributed by atoms with Gasteiger partial charge in [0.2, 0.25) is 0 Å². The lowest BCUT2D eigenvalue weighted by Gasteiger charge is -2.44. The molecule has 0 saturated carbocycles. The Labute approximate surface area is 200 Å². The van der Waals surface area contributed by atoms with Gasteiger partial charge in [-0.25, -0.2) is 13.6 Å². The van der Waals surface area contributed by atoms with Crippen LogP contribution in [0.2, 0.25) is 0 Å². The number of hydrogen-bond donors (Lipinski definition) is 3. The minimum Gasteiger partial charge on any atom is -0.443 e. The number of fused-ring (bicyclic) bond motifs is 2. The van der Waals surface area contributed by atoms with Gasteiger partial charge in [0.1, 0.15) is 29.1 Å². The van der Waals surface area contributed by atoms with Crippen molar-refractivity contribution in [3.63, 3.8) is 0 Å². The molecule has 0 saturated heterocycles. The maximum Gasteiger partial charge on any atom is 0.412 e. The number of aryl methyl sites for hydroxylation is 2. The first-order chi connectivity index (χ1) is 16.6. The Morgan fingerprint density at radius 2 is 2.00 bits per heavy atom. The molecule has 9 heteroatoms. The summed E-state index contributed by atoms with van der Waals surface area (Å²) in [5.41, 5.74) is 1.70. The van der Waals surface area contributed by atoms with Crippen LogP contribution in [0.15, 0.2) is 41.1 Å². The molecular formula is C26H26F2N4O3. The number of carbonyl (C=O) groups is 1. The molecule has 4 aromatic rings. The van der Waals surface area contributed by atoms with Gasteiger partial charge in [-0.3, -0.25) is 5.32 Å². The zero-order valence-corrected chi connectivity index (χ0v) is 20.0. The lowest BCUT2D eigenvalue weighted by Crippen LogP contribution is -2.52. The van der Waals surface area contributed by atoms with Crippen LogP contribution in [0.4, 0.5) is 25.0 Å². The average molecular weight is 481 g/mol. The molecule has 0 fully saturated rings. The van der Waals surface area contributed by atoms with Gasteiger partial charge in [-0.05, 0) is 45.2 Å². The molecule has 2 unspecified atom stereocenters. The molecule has 1 amide bonds. The second-order valence-corrected chi connectivity index (χ2v) is 9.54. The molecule has 3 N–H and O–H groups in total. The zero-order chi connectivity index (χ0) is 25.1. The summed E-state index contributed by atoms with van der Waals surface area (Å²) in [5.74, 6) is -1.48. The number of amides is 1. The van der Waals surface area contributed by atoms with Crippen molar-refractivity contribution < 1.29 is 22.8 Å². The smallest absolute Gasteiger partial charge is 0.412 e. The molecule has 2 aromatic heterocycles. The number of hydrogen-bond acceptors (Lipinski definition) is 5. The molecule has 2 aromatic carbocycles. The van der Waals surface area contributed by atoms with Gasteiger partial charge in [0.05, 0.1) is 16.6 Å². The van der Waals surface area contributed by atoms with E-state index in [-0.39, 0.29) is 11.1 Å². The van der Waals surface area contributed by atoms with Gasteiger partial charge in [-0.15, -0.1) is 0 Å². The minimum atomic E-state index is -0.803. The molecular weight excluding hydrogens is 454 g/mol. The van der Waals surface area contributed by atoms with E-state index >= 15 is 8.78 Å². The second-order valence-electron chi connectivity index (χ2n) is 9.54. The molecule has 0 bridgehead atoms. The maximum atomic E-state index is 16.1. The largest absolute Gasteiger partial charge is 0.443 e. The third kappa shape index (κ3) is 3.71. The first-order valence-corrected chi connectivity index (χ1v) is 11.4. The van der Waals surface area contributed by atoms with Crippen LogP contribution in [0.25, 0.3) is 22.0 Å². The standard InChI is InChI=1S/C26H26F2N4O3/c1-12-19-18(11-17(27)20(21(19)28)16-8-6-7-15-9-10-29-23(15)16)31-26(4,5)24(12)34-25(33)30-22-13(2)32-35-14(22)3/h6-12,24,29,31H,1-5H3,(H,30,33). The number of para-hydroxylation sites is 1. The Bertz CT molecular complexity index is 1440. The van der Waals surface area contributed by atoms with E-state index < -0.39 is 35.3 Å². The molecule has 3 heterocycles. The number of ether oxygens (including phenoxy) is 1. The fraction of sp³-hybridized carbons (Fsp3) is 0.308. The number of benzene rings is 2. The van der Waals surface area contributed by atoms with Crippen LogP contribution in [0.1, 0.15) is 43.7 Å². The van der Waals surface area contributed by atoms with Gasteiger partial charge in [-0.1, -0.05) is 30.3 Å². The number of nitrogens with zero attached hydrogens (tertiary/aromatic N) is 1. The molecule has 0 spiro atoms. The highest BCUT2D eigenvalue weighted by Gasteiger charge is 2.45. The molecule has 0 aliphatic carbocycles. The number of halogens is 2. The number of anilines is 2. The number of rotatable bonds is 3. The highest BCUT2D eigenvalue weighted by molar-refractivity contribution is 5.95. The van der Waals surface area contributed by atoms with Crippen LogP contribution in [0, 0.1) is 25.5 Å². The van der Waals surface area contributed by atoms with Crippen molar-refractivity contribution in [3.8, 4) is 11.1 Å². The number of aromatic nitrogens is 2. The van der Waals surface area contributed by atoms with Crippen molar-refractivity contribution in [1.82, 2.24) is 10.1 Å². The Balaban J connectivity index is 1.54. The molecule has 2 atom stereocenters. The van der Waals surface area contributed by atoms with Crippen LogP contribution >= 0.6 is 0 Å². The van der Waals surface area contributed by atoms with Crippen molar-refractivity contribution in [2.75, 3.05) is 10.6 Å². The zero-order valence-electron chi connectivity index (χ0n) is 20.0. The third-order valence-electron chi connectivity index (χ3n) is 6.68. The van der Waals surface area contributed by atoms with Crippen LogP contribution in [0.3, 0.4) is 0 Å². The van der Waals surface area contributed by atoms with Crippen LogP contribution < -0.4 is 10.6 Å². The normalized spacial score (nSPS) is 18.7. The summed E-state index contributed by atoms with van der Waals surface area (Å²) in [6.07, 6.45) is 0.259. The number of H-pyrrole nitrogens is 1. The summed E-state index contributed by atoms with van der Waals surface area (Å²) in [4.78, 5) is 15.9. The van der Waals surface area contributed by atoms with Crippen LogP contribution in [0.5, 0.6) is 0 Å². The van der Waals surface area contributed by atoms with E-state index in [1.54, 1.807) is 39.1 Å². The number of aromatic amines is 1. The van der Waals surface area contributed by atoms with Gasteiger partial charge in [0.25, 0.3) is 0 Å². The van der Waals surface area contributed by atoms with E-state index in [2.05, 4.69) is 20.8 Å². The Morgan fingerprint density at radius 1 is 1.23 bits per heavy atom. The highest BCUT2D eigenvalue weighted by Crippen LogP contribution is 2.46. The first kappa shape index (κ1) is 22.9. The van der Waals surface area contributed by atoms with Gasteiger partial charge in [0.15, 0.2) is 5.76 Å². The van der Waals surface area contributed by atoms with E-state index in [1.165, 1.54) is 6.07 Å². The minimum absolute atomic E-state index is 0.121. The summed E-state index contributed by atoms with van der Waals surface area (Å²) >= 11 is 0. The predicted octanol–water partition coefficient (Wildman–Crippen LogP) is 6.64. The Morgan fingerprint density at radius 3 is 2.71 bits per heavy atom. The van der Waals surface area contributed by atoms with Crippen molar-refractivity contribution in [2.45, 2.75) is 52.2 Å². The summed E-state index contributed by atoms with van der Waals surface area (Å²) in [6, 6.07) is 8.48. The fourth-order valence-electron chi connectivity index (χ4n) is 5.08. The number of nitrogens with one attached hydrogen (secondary N) is 3. The second kappa shape index (κ2) is 8.11. The van der Waals surface area contributed by atoms with Crippen molar-refractivity contribution in [2.24, 2.45) is 0 Å². The summed E-state index contributed by atoms with van der Waals surface area (Å²) in [7, 11) is 0. The molecule has 35 heavy (non-hydrogen) atoms. The molecule has 7 nitrogen and oxygen atoms in total. The van der Waals surface area contributed by atoms with Gasteiger partial charge < -0.3 is 19.6 Å². The molecule has 0 radical (unpaired) electrons. The topological polar surface area (TPSA) is 92.2 Å². The lowest BCUT2D eigenvalue weighted by molar-refractivity contribution is 0.0560. The summed E-state index contributed by atoms with van der Waals surface area (Å²) in [5, 5.41) is 10.5. The Hall–Kier alpha value is -3.88. The Kier molecular flexibility index (Phi) is 5.30. The fourth-order valence-corrected chi connectivity index (χ4v) is 5.08. The van der Waals surface area contributed by atoms with Crippen LogP contribution in [-0.4, -0.2) is 27.9 Å². The van der Waals surface area contributed by atoms with Gasteiger partial charge >= 0.3 is 6.09 Å². The first-order valence-electron chi connectivity index (χ1n) is 11.4. The maximum absolute atomic E-state index is 16.1. The van der Waals surface area contributed by atoms with Gasteiger partial charge in [-0.2, -0.15) is 0 Å². The quantitative estimate of drug-likeness (QED) is 0.306. The van der Waals surface area contributed by atoms with E-state index in [4.69, 9.17) is 9.26 Å². The van der Waals surface area contributed by atoms with Crippen molar-refractivity contribution in [1.29, 1.82) is 0 Å². The van der Waals surface area contributed by atoms with E-state index in [0.29, 0.717) is 33.9 Å². The van der Waals surface area contributed by atoms with Crippen molar-refractivity contribution in [3.05, 3.63) is 65.2 Å². The average Bonchev–Trinajstić information content (AvgIpc) is 3.38. The SMILES string of the molecule is Cc1noc(C)c1NC(=O)OC1C(C)c2c(cc(F)c(-c3cccc4cc[nH]c34)c2F)NC1(C)C. The van der Waals surface area contributed by atoms with E-state index in [9.17, 15) is 4.79 Å². The third-order valence-corrected chi connectivity index (χ3v) is 6.68. The van der Waals surface area contributed by atoms with E-state index in [0.717, 1.165) is 5.39 Å². The molecule has 1 aliphatic rings. The summed E-state index contributed by atoms with van der Waals surface area (Å²) in [6.45, 7) is 8.80. The number of carbonyl (C=O) groups excluding carboxylic acids is 1. The lowest BCUT2D eigenvalue weighted by atomic mass is 9.77. The van der Waals surface area contributed by atoms with E-state index in [1.807, 2.05) is 26.0 Å². The predicted molar refractivity (Wildman–Crippen MR) is 130 cm³/mol. The summed E-state index contributed by atoms with van der Waals surface area (Å²) < 4.78 is 42.3. The molecule has 1 aliphatic heterocycles. The molecule has 182 valence electrons. The molecule has 5 rings (SSSR count). The van der Waals surface area contributed by atoms with Crippen molar-refractivity contribution >= 4 is 28.4 Å². The highest BCUT2D eigenvalue weighted by atomic mass is 19.1. The monoisotopic (exact) mass is 480 g/mol. The van der Waals surface area contributed by atoms with Gasteiger partial charge in [0, 0.05) is 28.9 Å². The van der Waals surface area contributed by atoms with Crippen LogP contribution in [-0.2, 0) is 4.74 Å².